The molecule has 1 atom stereocenters. The molecule has 5 nitrogen and oxygen atoms in total. The van der Waals surface area contributed by atoms with E-state index in [0.29, 0.717) is 5.69 Å². The largest absolute Gasteiger partial charge is 0.349 e. The zero-order valence-electron chi connectivity index (χ0n) is 16.9. The van der Waals surface area contributed by atoms with Crippen molar-refractivity contribution in [1.82, 2.24) is 5.32 Å². The van der Waals surface area contributed by atoms with Crippen LogP contribution in [0.5, 0.6) is 0 Å². The highest BCUT2D eigenvalue weighted by atomic mass is 32.2. The average molecular weight is 441 g/mol. The number of nitrogens with one attached hydrogen (secondary N) is 1. The number of nitrogens with zero attached hydrogens (tertiary/aromatic N) is 1. The van der Waals surface area contributed by atoms with Gasteiger partial charge in [-0.1, -0.05) is 48.5 Å². The van der Waals surface area contributed by atoms with Crippen LogP contribution >= 0.6 is 11.8 Å². The Morgan fingerprint density at radius 1 is 0.933 bits per heavy atom. The van der Waals surface area contributed by atoms with Crippen molar-refractivity contribution in [2.24, 2.45) is 0 Å². The molecule has 0 radical (unpaired) electrons. The lowest BCUT2D eigenvalue weighted by molar-refractivity contribution is -0.119. The van der Waals surface area contributed by atoms with E-state index in [1.807, 2.05) is 43.3 Å². The highest BCUT2D eigenvalue weighted by Crippen LogP contribution is 2.25. The van der Waals surface area contributed by atoms with Gasteiger partial charge in [0.1, 0.15) is 0 Å². The van der Waals surface area contributed by atoms with Crippen LogP contribution in [0.1, 0.15) is 18.5 Å². The van der Waals surface area contributed by atoms with Crippen LogP contribution in [0.3, 0.4) is 0 Å². The number of hydrogen-bond acceptors (Lipinski definition) is 4. The van der Waals surface area contributed by atoms with Gasteiger partial charge in [0.2, 0.25) is 5.91 Å². The summed E-state index contributed by atoms with van der Waals surface area (Å²) in [4.78, 5) is 13.3. The van der Waals surface area contributed by atoms with Crippen LogP contribution < -0.4 is 9.62 Å². The lowest BCUT2D eigenvalue weighted by Gasteiger charge is -2.19. The van der Waals surface area contributed by atoms with E-state index in [1.54, 1.807) is 48.5 Å². The van der Waals surface area contributed by atoms with Crippen molar-refractivity contribution >= 4 is 33.4 Å². The smallest absolute Gasteiger partial charge is 0.264 e. The summed E-state index contributed by atoms with van der Waals surface area (Å²) in [7, 11) is -2.11. The molecule has 1 amide bonds. The van der Waals surface area contributed by atoms with E-state index >= 15 is 0 Å². The molecule has 1 N–H and O–H groups in total. The van der Waals surface area contributed by atoms with E-state index in [9.17, 15) is 13.2 Å². The quantitative estimate of drug-likeness (QED) is 0.525. The Morgan fingerprint density at radius 3 is 2.10 bits per heavy atom. The molecule has 3 aromatic rings. The summed E-state index contributed by atoms with van der Waals surface area (Å²) in [5.74, 6) is 0.185. The molecule has 0 heterocycles. The molecule has 3 rings (SSSR count). The fraction of sp³-hybridized carbons (Fsp3) is 0.174. The van der Waals surface area contributed by atoms with Crippen LogP contribution in [0.4, 0.5) is 5.69 Å². The summed E-state index contributed by atoms with van der Waals surface area (Å²) in [6.45, 7) is 1.95. The van der Waals surface area contributed by atoms with E-state index in [0.717, 1.165) is 10.5 Å². The fourth-order valence-corrected chi connectivity index (χ4v) is 4.80. The minimum Gasteiger partial charge on any atom is -0.349 e. The van der Waals surface area contributed by atoms with Crippen LogP contribution in [0.15, 0.2) is 94.7 Å². The predicted molar refractivity (Wildman–Crippen MR) is 122 cm³/mol. The Kier molecular flexibility index (Phi) is 7.18. The maximum Gasteiger partial charge on any atom is 0.264 e. The van der Waals surface area contributed by atoms with E-state index in [-0.39, 0.29) is 22.6 Å². The summed E-state index contributed by atoms with van der Waals surface area (Å²) in [6, 6.07) is 25.2. The third-order valence-electron chi connectivity index (χ3n) is 4.65. The molecular weight excluding hydrogens is 416 g/mol. The van der Waals surface area contributed by atoms with Crippen molar-refractivity contribution in [3.05, 3.63) is 90.5 Å². The molecule has 3 aromatic carbocycles. The molecule has 7 heteroatoms. The second kappa shape index (κ2) is 9.82. The van der Waals surface area contributed by atoms with Crippen LogP contribution in [-0.2, 0) is 14.8 Å². The Balaban J connectivity index is 1.58. The standard InChI is InChI=1S/C23H24N2O3S2/c1-18(19-9-5-3-6-10-19)24-23(26)17-29-21-13-15-22(16-14-21)30(27,28)25(2)20-11-7-4-8-12-20/h3-16,18H,17H2,1-2H3,(H,24,26). The first-order chi connectivity index (χ1) is 14.4. The number of para-hydroxylation sites is 1. The molecule has 0 saturated carbocycles. The van der Waals surface area contributed by atoms with Crippen molar-refractivity contribution in [3.63, 3.8) is 0 Å². The number of sulfonamides is 1. The highest BCUT2D eigenvalue weighted by molar-refractivity contribution is 8.00. The van der Waals surface area contributed by atoms with E-state index in [4.69, 9.17) is 0 Å². The topological polar surface area (TPSA) is 66.5 Å². The number of amides is 1. The van der Waals surface area contributed by atoms with E-state index < -0.39 is 10.0 Å². The van der Waals surface area contributed by atoms with Crippen molar-refractivity contribution in [3.8, 4) is 0 Å². The number of anilines is 1. The van der Waals surface area contributed by atoms with Crippen molar-refractivity contribution < 1.29 is 13.2 Å². The van der Waals surface area contributed by atoms with E-state index in [2.05, 4.69) is 5.32 Å². The molecule has 0 saturated heterocycles. The van der Waals surface area contributed by atoms with Crippen LogP contribution in [0.25, 0.3) is 0 Å². The number of carbonyl (C=O) groups excluding carboxylic acids is 1. The molecule has 0 aromatic heterocycles. The summed E-state index contributed by atoms with van der Waals surface area (Å²) >= 11 is 1.37. The van der Waals surface area contributed by atoms with Gasteiger partial charge in [-0.2, -0.15) is 0 Å². The molecular formula is C23H24N2O3S2. The minimum atomic E-state index is -3.64. The van der Waals surface area contributed by atoms with Crippen LogP contribution in [0.2, 0.25) is 0 Å². The van der Waals surface area contributed by atoms with Crippen LogP contribution in [-0.4, -0.2) is 27.1 Å². The molecule has 0 aliphatic rings. The first-order valence-electron chi connectivity index (χ1n) is 9.49. The first-order valence-corrected chi connectivity index (χ1v) is 11.9. The van der Waals surface area contributed by atoms with Crippen molar-refractivity contribution in [1.29, 1.82) is 0 Å². The van der Waals surface area contributed by atoms with Gasteiger partial charge in [0.25, 0.3) is 10.0 Å². The van der Waals surface area contributed by atoms with Gasteiger partial charge in [-0.3, -0.25) is 9.10 Å². The lowest BCUT2D eigenvalue weighted by Crippen LogP contribution is -2.28. The van der Waals surface area contributed by atoms with Gasteiger partial charge in [0.15, 0.2) is 0 Å². The maximum absolute atomic E-state index is 12.8. The Bertz CT molecular complexity index is 1070. The van der Waals surface area contributed by atoms with Gasteiger partial charge in [0, 0.05) is 11.9 Å². The fourth-order valence-electron chi connectivity index (χ4n) is 2.90. The monoisotopic (exact) mass is 440 g/mol. The SMILES string of the molecule is CC(NC(=O)CSc1ccc(S(=O)(=O)N(C)c2ccccc2)cc1)c1ccccc1. The summed E-state index contributed by atoms with van der Waals surface area (Å²) in [6.07, 6.45) is 0. The minimum absolute atomic E-state index is 0.0691. The molecule has 0 aliphatic heterocycles. The number of thioether (sulfide) groups is 1. The highest BCUT2D eigenvalue weighted by Gasteiger charge is 2.21. The molecule has 30 heavy (non-hydrogen) atoms. The second-order valence-electron chi connectivity index (χ2n) is 6.77. The van der Waals surface area contributed by atoms with Crippen molar-refractivity contribution in [2.45, 2.75) is 22.8 Å². The number of rotatable bonds is 8. The molecule has 0 spiro atoms. The molecule has 0 bridgehead atoms. The number of benzene rings is 3. The average Bonchev–Trinajstić information content (AvgIpc) is 2.78. The van der Waals surface area contributed by atoms with Gasteiger partial charge in [-0.05, 0) is 48.9 Å². The Labute approximate surface area is 182 Å². The molecule has 156 valence electrons. The summed E-state index contributed by atoms with van der Waals surface area (Å²) < 4.78 is 26.9. The third kappa shape index (κ3) is 5.43. The molecule has 0 aliphatic carbocycles. The van der Waals surface area contributed by atoms with Gasteiger partial charge in [-0.25, -0.2) is 8.42 Å². The van der Waals surface area contributed by atoms with Crippen LogP contribution in [0, 0.1) is 0 Å². The molecule has 1 unspecified atom stereocenters. The molecule has 0 fully saturated rings. The predicted octanol–water partition coefficient (Wildman–Crippen LogP) is 4.48. The normalized spacial score (nSPS) is 12.2. The van der Waals surface area contributed by atoms with Crippen molar-refractivity contribution in [2.75, 3.05) is 17.1 Å². The third-order valence-corrected chi connectivity index (χ3v) is 7.46. The zero-order chi connectivity index (χ0) is 21.6. The zero-order valence-corrected chi connectivity index (χ0v) is 18.5. The van der Waals surface area contributed by atoms with Gasteiger partial charge < -0.3 is 5.32 Å². The van der Waals surface area contributed by atoms with E-state index in [1.165, 1.54) is 23.1 Å². The Hall–Kier alpha value is -2.77. The number of carbonyl (C=O) groups is 1. The summed E-state index contributed by atoms with van der Waals surface area (Å²) in [5.41, 5.74) is 1.65. The van der Waals surface area contributed by atoms with Gasteiger partial charge in [0.05, 0.1) is 22.4 Å². The maximum atomic E-state index is 12.8. The van der Waals surface area contributed by atoms with Gasteiger partial charge in [-0.15, -0.1) is 11.8 Å². The first kappa shape index (κ1) is 21.9. The summed E-state index contributed by atoms with van der Waals surface area (Å²) in [5, 5.41) is 2.97. The number of hydrogen-bond donors (Lipinski definition) is 1. The Morgan fingerprint density at radius 2 is 1.50 bits per heavy atom. The van der Waals surface area contributed by atoms with Gasteiger partial charge >= 0.3 is 0 Å². The second-order valence-corrected chi connectivity index (χ2v) is 9.79. The lowest BCUT2D eigenvalue weighted by atomic mass is 10.1.